The molecule has 3 aromatic rings. The van der Waals surface area contributed by atoms with Gasteiger partial charge in [-0.3, -0.25) is 4.79 Å². The zero-order valence-corrected chi connectivity index (χ0v) is 15.4. The van der Waals surface area contributed by atoms with Crippen LogP contribution in [0.4, 0.5) is 0 Å². The van der Waals surface area contributed by atoms with Crippen LogP contribution in [0.15, 0.2) is 78.9 Å². The van der Waals surface area contributed by atoms with Crippen LogP contribution < -0.4 is 0 Å². The lowest BCUT2D eigenvalue weighted by molar-refractivity contribution is 0.104. The molecule has 26 heavy (non-hydrogen) atoms. The van der Waals surface area contributed by atoms with Gasteiger partial charge in [0.2, 0.25) is 0 Å². The summed E-state index contributed by atoms with van der Waals surface area (Å²) in [5.41, 5.74) is 6.69. The first-order chi connectivity index (χ1) is 12.7. The number of hydrogen-bond acceptors (Lipinski definition) is 1. The summed E-state index contributed by atoms with van der Waals surface area (Å²) in [7, 11) is 0. The second-order valence-corrected chi connectivity index (χ2v) is 6.42. The highest BCUT2D eigenvalue weighted by atomic mass is 16.1. The van der Waals surface area contributed by atoms with Gasteiger partial charge in [0.25, 0.3) is 0 Å². The van der Waals surface area contributed by atoms with Crippen LogP contribution in [-0.2, 0) is 12.8 Å². The molecule has 0 spiro atoms. The van der Waals surface area contributed by atoms with Crippen molar-refractivity contribution in [3.05, 3.63) is 101 Å². The lowest BCUT2D eigenvalue weighted by Crippen LogP contribution is -1.94. The van der Waals surface area contributed by atoms with Crippen molar-refractivity contribution in [3.63, 3.8) is 0 Å². The third-order valence-electron chi connectivity index (χ3n) is 4.68. The Morgan fingerprint density at radius 3 is 1.65 bits per heavy atom. The Morgan fingerprint density at radius 2 is 1.15 bits per heavy atom. The van der Waals surface area contributed by atoms with Crippen molar-refractivity contribution in [2.24, 2.45) is 0 Å². The summed E-state index contributed by atoms with van der Waals surface area (Å²) in [5.74, 6) is 0.0254. The van der Waals surface area contributed by atoms with Gasteiger partial charge in [-0.1, -0.05) is 92.7 Å². The molecule has 0 bridgehead atoms. The molecule has 0 saturated carbocycles. The first kappa shape index (κ1) is 17.9. The molecule has 0 atom stereocenters. The highest BCUT2D eigenvalue weighted by molar-refractivity contribution is 6.07. The highest BCUT2D eigenvalue weighted by Gasteiger charge is 2.03. The van der Waals surface area contributed by atoms with E-state index in [1.807, 2.05) is 42.5 Å². The molecule has 3 rings (SSSR count). The Kier molecular flexibility index (Phi) is 5.80. The van der Waals surface area contributed by atoms with E-state index >= 15 is 0 Å². The van der Waals surface area contributed by atoms with Crippen LogP contribution in [0.3, 0.4) is 0 Å². The van der Waals surface area contributed by atoms with E-state index in [4.69, 9.17) is 0 Å². The standard InChI is InChI=1S/C25H24O/c1-3-19-5-7-21(8-6-19)11-18-25(26)24-16-14-23(15-17-24)22-12-9-20(4-2)10-13-22/h5-18H,3-4H2,1-2H3/b18-11+. The van der Waals surface area contributed by atoms with E-state index in [1.165, 1.54) is 16.7 Å². The van der Waals surface area contributed by atoms with Crippen molar-refractivity contribution in [2.45, 2.75) is 26.7 Å². The fraction of sp³-hybridized carbons (Fsp3) is 0.160. The normalized spacial score (nSPS) is 11.0. The van der Waals surface area contributed by atoms with Gasteiger partial charge in [0.1, 0.15) is 0 Å². The molecule has 0 radical (unpaired) electrons. The number of ketones is 1. The molecule has 1 nitrogen and oxygen atoms in total. The van der Waals surface area contributed by atoms with Crippen molar-refractivity contribution < 1.29 is 4.79 Å². The number of carbonyl (C=O) groups excluding carboxylic acids is 1. The number of rotatable bonds is 6. The topological polar surface area (TPSA) is 17.1 Å². The SMILES string of the molecule is CCc1ccc(/C=C/C(=O)c2ccc(-c3ccc(CC)cc3)cc2)cc1. The molecule has 0 amide bonds. The maximum atomic E-state index is 12.4. The molecular formula is C25H24O. The van der Waals surface area contributed by atoms with Crippen LogP contribution in [0.25, 0.3) is 17.2 Å². The molecule has 130 valence electrons. The molecule has 1 heteroatoms. The van der Waals surface area contributed by atoms with Gasteiger partial charge in [-0.2, -0.15) is 0 Å². The summed E-state index contributed by atoms with van der Waals surface area (Å²) in [6, 6.07) is 24.7. The molecule has 0 aliphatic carbocycles. The van der Waals surface area contributed by atoms with Crippen LogP contribution in [0.2, 0.25) is 0 Å². The summed E-state index contributed by atoms with van der Waals surface area (Å²) in [5, 5.41) is 0. The number of aryl methyl sites for hydroxylation is 2. The molecule has 0 unspecified atom stereocenters. The minimum absolute atomic E-state index is 0.0254. The van der Waals surface area contributed by atoms with Gasteiger partial charge >= 0.3 is 0 Å². The van der Waals surface area contributed by atoms with E-state index in [1.54, 1.807) is 6.08 Å². The summed E-state index contributed by atoms with van der Waals surface area (Å²) in [6.45, 7) is 4.29. The van der Waals surface area contributed by atoms with Gasteiger partial charge in [-0.25, -0.2) is 0 Å². The van der Waals surface area contributed by atoms with Crippen LogP contribution >= 0.6 is 0 Å². The van der Waals surface area contributed by atoms with Gasteiger partial charge in [-0.15, -0.1) is 0 Å². The van der Waals surface area contributed by atoms with Crippen LogP contribution in [0.1, 0.15) is 40.9 Å². The summed E-state index contributed by atoms with van der Waals surface area (Å²) >= 11 is 0. The van der Waals surface area contributed by atoms with Gasteiger partial charge in [0, 0.05) is 5.56 Å². The maximum Gasteiger partial charge on any atom is 0.185 e. The second-order valence-electron chi connectivity index (χ2n) is 6.42. The quantitative estimate of drug-likeness (QED) is 0.376. The number of hydrogen-bond donors (Lipinski definition) is 0. The van der Waals surface area contributed by atoms with E-state index < -0.39 is 0 Å². The zero-order chi connectivity index (χ0) is 18.4. The summed E-state index contributed by atoms with van der Waals surface area (Å²) in [6.07, 6.45) is 5.59. The first-order valence-electron chi connectivity index (χ1n) is 9.20. The maximum absolute atomic E-state index is 12.4. The smallest absolute Gasteiger partial charge is 0.185 e. The minimum atomic E-state index is 0.0254. The minimum Gasteiger partial charge on any atom is -0.289 e. The summed E-state index contributed by atoms with van der Waals surface area (Å²) in [4.78, 5) is 12.4. The molecule has 0 heterocycles. The van der Waals surface area contributed by atoms with Crippen LogP contribution in [-0.4, -0.2) is 5.78 Å². The third-order valence-corrected chi connectivity index (χ3v) is 4.68. The Morgan fingerprint density at radius 1 is 0.692 bits per heavy atom. The van der Waals surface area contributed by atoms with Crippen molar-refractivity contribution in [1.82, 2.24) is 0 Å². The number of benzene rings is 3. The predicted octanol–water partition coefficient (Wildman–Crippen LogP) is 6.37. The monoisotopic (exact) mass is 340 g/mol. The molecule has 0 aromatic heterocycles. The van der Waals surface area contributed by atoms with Gasteiger partial charge in [0.15, 0.2) is 5.78 Å². The average molecular weight is 340 g/mol. The van der Waals surface area contributed by atoms with Crippen molar-refractivity contribution in [2.75, 3.05) is 0 Å². The average Bonchev–Trinajstić information content (AvgIpc) is 2.72. The molecular weight excluding hydrogens is 316 g/mol. The second kappa shape index (κ2) is 8.44. The number of carbonyl (C=O) groups is 1. The zero-order valence-electron chi connectivity index (χ0n) is 15.4. The van der Waals surface area contributed by atoms with E-state index in [0.717, 1.165) is 24.0 Å². The summed E-state index contributed by atoms with van der Waals surface area (Å²) < 4.78 is 0. The fourth-order valence-corrected chi connectivity index (χ4v) is 2.89. The molecule has 0 aliphatic rings. The van der Waals surface area contributed by atoms with Gasteiger partial charge in [0.05, 0.1) is 0 Å². The third kappa shape index (κ3) is 4.37. The Labute approximate surface area is 156 Å². The van der Waals surface area contributed by atoms with Crippen molar-refractivity contribution >= 4 is 11.9 Å². The predicted molar refractivity (Wildman–Crippen MR) is 110 cm³/mol. The number of allylic oxidation sites excluding steroid dienone is 1. The van der Waals surface area contributed by atoms with Crippen LogP contribution in [0, 0.1) is 0 Å². The highest BCUT2D eigenvalue weighted by Crippen LogP contribution is 2.21. The lowest BCUT2D eigenvalue weighted by Gasteiger charge is -2.04. The van der Waals surface area contributed by atoms with E-state index in [-0.39, 0.29) is 5.78 Å². The molecule has 0 N–H and O–H groups in total. The molecule has 0 aliphatic heterocycles. The largest absolute Gasteiger partial charge is 0.289 e. The van der Waals surface area contributed by atoms with Crippen molar-refractivity contribution in [1.29, 1.82) is 0 Å². The van der Waals surface area contributed by atoms with Gasteiger partial charge < -0.3 is 0 Å². The molecule has 0 saturated heterocycles. The van der Waals surface area contributed by atoms with E-state index in [9.17, 15) is 4.79 Å². The Hall–Kier alpha value is -2.93. The molecule has 0 fully saturated rings. The van der Waals surface area contributed by atoms with E-state index in [2.05, 4.69) is 50.2 Å². The van der Waals surface area contributed by atoms with Gasteiger partial charge in [-0.05, 0) is 46.7 Å². The fourth-order valence-electron chi connectivity index (χ4n) is 2.89. The molecule has 3 aromatic carbocycles. The Bertz CT molecular complexity index is 882. The van der Waals surface area contributed by atoms with E-state index in [0.29, 0.717) is 5.56 Å². The van der Waals surface area contributed by atoms with Crippen LogP contribution in [0.5, 0.6) is 0 Å². The first-order valence-corrected chi connectivity index (χ1v) is 9.20. The lowest BCUT2D eigenvalue weighted by atomic mass is 10.0. The Balaban J connectivity index is 1.70. The van der Waals surface area contributed by atoms with Crippen molar-refractivity contribution in [3.8, 4) is 11.1 Å².